The Morgan fingerprint density at radius 2 is 1.83 bits per heavy atom. The average Bonchev–Trinajstić information content (AvgIpc) is 2.35. The Kier molecular flexibility index (Phi) is 4.48. The molecule has 0 amide bonds. The van der Waals surface area contributed by atoms with Crippen molar-refractivity contribution in [3.8, 4) is 0 Å². The lowest BCUT2D eigenvalue weighted by Gasteiger charge is -2.31. The van der Waals surface area contributed by atoms with Gasteiger partial charge in [0.25, 0.3) is 0 Å². The molecule has 0 heterocycles. The summed E-state index contributed by atoms with van der Waals surface area (Å²) in [5.41, 5.74) is -0.0515. The number of carboxylic acids is 1. The zero-order valence-corrected chi connectivity index (χ0v) is 10.8. The predicted molar refractivity (Wildman–Crippen MR) is 67.2 cm³/mol. The van der Waals surface area contributed by atoms with E-state index >= 15 is 0 Å². The molecule has 1 N–H and O–H groups in total. The quantitative estimate of drug-likeness (QED) is 0.815. The van der Waals surface area contributed by atoms with E-state index < -0.39 is 23.3 Å². The lowest BCUT2D eigenvalue weighted by Crippen LogP contribution is -2.34. The Morgan fingerprint density at radius 3 is 2.28 bits per heavy atom. The molecule has 0 bridgehead atoms. The van der Waals surface area contributed by atoms with Crippen LogP contribution in [0.5, 0.6) is 0 Å². The summed E-state index contributed by atoms with van der Waals surface area (Å²) >= 11 is 0. The number of rotatable bonds is 5. The van der Waals surface area contributed by atoms with E-state index in [1.54, 1.807) is 13.8 Å². The van der Waals surface area contributed by atoms with E-state index in [0.717, 1.165) is 5.56 Å². The minimum Gasteiger partial charge on any atom is -0.481 e. The number of methoxy groups -OCH3 is 1. The fourth-order valence-corrected chi connectivity index (χ4v) is 2.05. The monoisotopic (exact) mass is 250 g/mol. The van der Waals surface area contributed by atoms with Crippen molar-refractivity contribution in [2.45, 2.75) is 26.2 Å². The van der Waals surface area contributed by atoms with Gasteiger partial charge in [-0.05, 0) is 19.4 Å². The highest BCUT2D eigenvalue weighted by atomic mass is 16.5. The summed E-state index contributed by atoms with van der Waals surface area (Å²) in [6, 6.07) is 9.18. The molecule has 18 heavy (non-hydrogen) atoms. The van der Waals surface area contributed by atoms with Gasteiger partial charge in [0.05, 0.1) is 18.9 Å². The molecule has 1 unspecified atom stereocenters. The first-order chi connectivity index (χ1) is 8.39. The Bertz CT molecular complexity index is 423. The fourth-order valence-electron chi connectivity index (χ4n) is 2.05. The normalized spacial score (nSPS) is 12.8. The highest BCUT2D eigenvalue weighted by Crippen LogP contribution is 2.39. The van der Waals surface area contributed by atoms with Crippen molar-refractivity contribution in [3.63, 3.8) is 0 Å². The van der Waals surface area contributed by atoms with Gasteiger partial charge < -0.3 is 9.84 Å². The molecule has 0 aromatic heterocycles. The van der Waals surface area contributed by atoms with E-state index in [4.69, 9.17) is 9.84 Å². The third kappa shape index (κ3) is 3.09. The third-order valence-corrected chi connectivity index (χ3v) is 3.16. The first-order valence-electron chi connectivity index (χ1n) is 5.74. The number of carbonyl (C=O) groups excluding carboxylic acids is 1. The molecule has 4 nitrogen and oxygen atoms in total. The van der Waals surface area contributed by atoms with Crippen LogP contribution < -0.4 is 0 Å². The maximum Gasteiger partial charge on any atom is 0.311 e. The van der Waals surface area contributed by atoms with Crippen LogP contribution in [0.25, 0.3) is 0 Å². The number of hydrogen-bond donors (Lipinski definition) is 1. The van der Waals surface area contributed by atoms with Crippen molar-refractivity contribution in [3.05, 3.63) is 35.9 Å². The second-order valence-corrected chi connectivity index (χ2v) is 4.77. The maximum absolute atomic E-state index is 11.8. The van der Waals surface area contributed by atoms with Crippen LogP contribution in [-0.4, -0.2) is 24.2 Å². The van der Waals surface area contributed by atoms with Crippen molar-refractivity contribution in [1.29, 1.82) is 0 Å². The van der Waals surface area contributed by atoms with Gasteiger partial charge in [0.2, 0.25) is 0 Å². The molecule has 0 aliphatic carbocycles. The number of ether oxygens (including phenoxy) is 1. The lowest BCUT2D eigenvalue weighted by molar-refractivity contribution is -0.153. The van der Waals surface area contributed by atoms with Gasteiger partial charge in [0.1, 0.15) is 0 Å². The lowest BCUT2D eigenvalue weighted by atomic mass is 9.73. The van der Waals surface area contributed by atoms with Crippen molar-refractivity contribution in [2.75, 3.05) is 7.11 Å². The van der Waals surface area contributed by atoms with Gasteiger partial charge in [0.15, 0.2) is 0 Å². The summed E-state index contributed by atoms with van der Waals surface area (Å²) in [4.78, 5) is 22.8. The first-order valence-corrected chi connectivity index (χ1v) is 5.74. The molecule has 1 rings (SSSR count). The van der Waals surface area contributed by atoms with Gasteiger partial charge in [-0.25, -0.2) is 0 Å². The van der Waals surface area contributed by atoms with Crippen LogP contribution in [0.1, 0.15) is 31.7 Å². The number of carbonyl (C=O) groups is 2. The minimum atomic E-state index is -0.930. The SMILES string of the molecule is COC(=O)C(C)(C)C(CC(=O)O)c1ccccc1. The molecule has 1 aromatic carbocycles. The highest BCUT2D eigenvalue weighted by Gasteiger charge is 2.39. The molecule has 0 saturated heterocycles. The van der Waals surface area contributed by atoms with Crippen LogP contribution in [0, 0.1) is 5.41 Å². The Morgan fingerprint density at radius 1 is 1.28 bits per heavy atom. The zero-order valence-electron chi connectivity index (χ0n) is 10.8. The molecule has 0 aliphatic heterocycles. The number of esters is 1. The predicted octanol–water partition coefficient (Wildman–Crippen LogP) is 2.44. The Labute approximate surface area is 107 Å². The van der Waals surface area contributed by atoms with Gasteiger partial charge in [-0.1, -0.05) is 30.3 Å². The number of aliphatic carboxylic acids is 1. The molecule has 4 heteroatoms. The highest BCUT2D eigenvalue weighted by molar-refractivity contribution is 5.79. The number of benzene rings is 1. The van der Waals surface area contributed by atoms with Gasteiger partial charge in [0, 0.05) is 5.92 Å². The van der Waals surface area contributed by atoms with Crippen molar-refractivity contribution < 1.29 is 19.4 Å². The second kappa shape index (κ2) is 5.67. The van der Waals surface area contributed by atoms with E-state index in [1.165, 1.54) is 7.11 Å². The van der Waals surface area contributed by atoms with Crippen molar-refractivity contribution >= 4 is 11.9 Å². The molecule has 0 aliphatic rings. The molecule has 0 spiro atoms. The number of carboxylic acid groups (broad SMARTS) is 1. The molecular formula is C14H18O4. The zero-order chi connectivity index (χ0) is 13.8. The van der Waals surface area contributed by atoms with Crippen LogP contribution >= 0.6 is 0 Å². The summed E-state index contributed by atoms with van der Waals surface area (Å²) in [6.45, 7) is 3.42. The van der Waals surface area contributed by atoms with E-state index in [9.17, 15) is 9.59 Å². The summed E-state index contributed by atoms with van der Waals surface area (Å²) in [6.07, 6.45) is -0.105. The molecule has 98 valence electrons. The van der Waals surface area contributed by atoms with Crippen LogP contribution in [0.3, 0.4) is 0 Å². The smallest absolute Gasteiger partial charge is 0.311 e. The Hall–Kier alpha value is -1.84. The molecule has 1 aromatic rings. The van der Waals surface area contributed by atoms with Gasteiger partial charge >= 0.3 is 11.9 Å². The topological polar surface area (TPSA) is 63.6 Å². The molecule has 0 fully saturated rings. The van der Waals surface area contributed by atoms with E-state index in [2.05, 4.69) is 0 Å². The first kappa shape index (κ1) is 14.2. The van der Waals surface area contributed by atoms with Gasteiger partial charge in [-0.2, -0.15) is 0 Å². The molecular weight excluding hydrogens is 232 g/mol. The average molecular weight is 250 g/mol. The summed E-state index contributed by atoms with van der Waals surface area (Å²) in [5, 5.41) is 9.01. The summed E-state index contributed by atoms with van der Waals surface area (Å²) in [7, 11) is 1.31. The van der Waals surface area contributed by atoms with Crippen molar-refractivity contribution in [1.82, 2.24) is 0 Å². The number of hydrogen-bond acceptors (Lipinski definition) is 3. The fraction of sp³-hybridized carbons (Fsp3) is 0.429. The molecule has 1 atom stereocenters. The third-order valence-electron chi connectivity index (χ3n) is 3.16. The standard InChI is InChI=1S/C14H18O4/c1-14(2,13(17)18-3)11(9-12(15)16)10-7-5-4-6-8-10/h4-8,11H,9H2,1-3H3,(H,15,16). The van der Waals surface area contributed by atoms with E-state index in [0.29, 0.717) is 0 Å². The van der Waals surface area contributed by atoms with E-state index in [-0.39, 0.29) is 6.42 Å². The summed E-state index contributed by atoms with van der Waals surface area (Å²) in [5.74, 6) is -1.75. The molecule has 0 saturated carbocycles. The van der Waals surface area contributed by atoms with E-state index in [1.807, 2.05) is 30.3 Å². The minimum absolute atomic E-state index is 0.105. The maximum atomic E-state index is 11.8. The summed E-state index contributed by atoms with van der Waals surface area (Å²) < 4.78 is 4.77. The molecule has 0 radical (unpaired) electrons. The van der Waals surface area contributed by atoms with Crippen LogP contribution in [0.4, 0.5) is 0 Å². The van der Waals surface area contributed by atoms with Gasteiger partial charge in [-0.15, -0.1) is 0 Å². The Balaban J connectivity index is 3.13. The largest absolute Gasteiger partial charge is 0.481 e. The van der Waals surface area contributed by atoms with Crippen molar-refractivity contribution in [2.24, 2.45) is 5.41 Å². The van der Waals surface area contributed by atoms with Crippen LogP contribution in [0.15, 0.2) is 30.3 Å². The van der Waals surface area contributed by atoms with Gasteiger partial charge in [-0.3, -0.25) is 9.59 Å². The van der Waals surface area contributed by atoms with Crippen LogP contribution in [-0.2, 0) is 14.3 Å². The second-order valence-electron chi connectivity index (χ2n) is 4.77. The van der Waals surface area contributed by atoms with Crippen LogP contribution in [0.2, 0.25) is 0 Å².